The highest BCUT2D eigenvalue weighted by molar-refractivity contribution is 6.06. The summed E-state index contributed by atoms with van der Waals surface area (Å²) in [5.41, 5.74) is 5.46. The summed E-state index contributed by atoms with van der Waals surface area (Å²) in [6.45, 7) is 7.74. The van der Waals surface area contributed by atoms with Gasteiger partial charge in [-0.2, -0.15) is 0 Å². The van der Waals surface area contributed by atoms with Crippen molar-refractivity contribution in [1.29, 1.82) is 0 Å². The van der Waals surface area contributed by atoms with Gasteiger partial charge < -0.3 is 25.1 Å². The van der Waals surface area contributed by atoms with E-state index in [1.807, 2.05) is 13.0 Å². The predicted octanol–water partition coefficient (Wildman–Crippen LogP) is 6.64. The van der Waals surface area contributed by atoms with Crippen LogP contribution in [-0.2, 0) is 11.2 Å². The Morgan fingerprint density at radius 2 is 1.82 bits per heavy atom. The van der Waals surface area contributed by atoms with E-state index in [1.165, 1.54) is 17.4 Å². The summed E-state index contributed by atoms with van der Waals surface area (Å²) in [6, 6.07) is 12.0. The molecule has 1 aromatic heterocycles. The van der Waals surface area contributed by atoms with Gasteiger partial charge in [-0.25, -0.2) is 4.98 Å². The van der Waals surface area contributed by atoms with E-state index in [0.717, 1.165) is 69.3 Å². The minimum Gasteiger partial charge on any atom is -0.481 e. The number of aromatic nitrogens is 1. The molecule has 2 aliphatic carbocycles. The Labute approximate surface area is 259 Å². The van der Waals surface area contributed by atoms with Crippen LogP contribution >= 0.6 is 0 Å². The Bertz CT molecular complexity index is 1490. The number of aryl methyl sites for hydroxylation is 3. The number of rotatable bonds is 13. The first-order chi connectivity index (χ1) is 21.2. The van der Waals surface area contributed by atoms with Crippen molar-refractivity contribution < 1.29 is 23.9 Å². The average molecular weight is 601 g/mol. The third-order valence-corrected chi connectivity index (χ3v) is 8.84. The van der Waals surface area contributed by atoms with Gasteiger partial charge in [0.25, 0.3) is 11.8 Å². The van der Waals surface area contributed by atoms with Crippen LogP contribution in [0.25, 0.3) is 0 Å². The minimum atomic E-state index is -0.814. The molecule has 0 aliphatic heterocycles. The van der Waals surface area contributed by atoms with Gasteiger partial charge in [-0.05, 0) is 94.0 Å². The van der Waals surface area contributed by atoms with Crippen LogP contribution in [0.2, 0.25) is 0 Å². The molecular formula is C35H44N4O5. The molecule has 2 atom stereocenters. The molecule has 9 heteroatoms. The molecule has 2 saturated carbocycles. The van der Waals surface area contributed by atoms with Gasteiger partial charge in [0.1, 0.15) is 6.26 Å². The van der Waals surface area contributed by atoms with Crippen molar-refractivity contribution in [2.45, 2.75) is 90.5 Å². The van der Waals surface area contributed by atoms with Crippen molar-refractivity contribution >= 4 is 29.2 Å². The van der Waals surface area contributed by atoms with Crippen molar-refractivity contribution in [2.24, 2.45) is 5.92 Å². The molecule has 2 amide bonds. The Kier molecular flexibility index (Phi) is 10.0. The van der Waals surface area contributed by atoms with Crippen molar-refractivity contribution in [3.05, 3.63) is 76.5 Å². The highest BCUT2D eigenvalue weighted by Crippen LogP contribution is 2.39. The largest absolute Gasteiger partial charge is 0.481 e. The summed E-state index contributed by atoms with van der Waals surface area (Å²) in [5, 5.41) is 15.6. The molecule has 1 heterocycles. The quantitative estimate of drug-likeness (QED) is 0.201. The standard InChI is InChI=1S/C35H44N4O5/c1-4-16-39(17-8-12-24-10-6-5-9-22(24)2)31-18-23(3)28(32(40)36-27-13-7-11-26(19-27)35(42)43)20-29(31)37-33(41)30-21-44-34(38-30)25-14-15-25/h5-6,9-10,18,20-21,25-27H,4,7-8,11-17,19H2,1-3H3,(H,36,40)(H,37,41)(H,42,43)/t26-,27+/m1/s1. The number of nitrogens with zero attached hydrogens (tertiary/aromatic N) is 2. The first-order valence-corrected chi connectivity index (χ1v) is 16.0. The monoisotopic (exact) mass is 600 g/mol. The van der Waals surface area contributed by atoms with Gasteiger partial charge in [0.15, 0.2) is 11.6 Å². The molecule has 3 N–H and O–H groups in total. The SMILES string of the molecule is CCCN(CCCc1ccccc1C)c1cc(C)c(C(=O)N[C@H]2CCC[C@@H](C(=O)O)C2)cc1NC(=O)c1coc(C2CC2)n1. The number of aliphatic carboxylic acids is 1. The molecule has 2 fully saturated rings. The molecule has 44 heavy (non-hydrogen) atoms. The van der Waals surface area contributed by atoms with Gasteiger partial charge in [-0.1, -0.05) is 37.6 Å². The van der Waals surface area contributed by atoms with E-state index in [2.05, 4.69) is 58.6 Å². The second kappa shape index (κ2) is 14.1. The van der Waals surface area contributed by atoms with Gasteiger partial charge in [-0.15, -0.1) is 0 Å². The molecule has 234 valence electrons. The van der Waals surface area contributed by atoms with Crippen LogP contribution < -0.4 is 15.5 Å². The lowest BCUT2D eigenvalue weighted by molar-refractivity contribution is -0.143. The molecular weight excluding hydrogens is 556 g/mol. The van der Waals surface area contributed by atoms with Crippen LogP contribution in [-0.4, -0.2) is 47.0 Å². The summed E-state index contributed by atoms with van der Waals surface area (Å²) < 4.78 is 5.57. The smallest absolute Gasteiger partial charge is 0.306 e. The van der Waals surface area contributed by atoms with E-state index in [9.17, 15) is 19.5 Å². The fourth-order valence-electron chi connectivity index (χ4n) is 6.18. The summed E-state index contributed by atoms with van der Waals surface area (Å²) in [6.07, 6.45) is 8.78. The maximum Gasteiger partial charge on any atom is 0.306 e. The van der Waals surface area contributed by atoms with Crippen LogP contribution in [0.4, 0.5) is 11.4 Å². The zero-order valence-corrected chi connectivity index (χ0v) is 26.0. The molecule has 0 unspecified atom stereocenters. The number of amides is 2. The molecule has 3 aromatic rings. The number of oxazole rings is 1. The first kappa shape index (κ1) is 31.3. The number of benzene rings is 2. The lowest BCUT2D eigenvalue weighted by Gasteiger charge is -2.29. The maximum absolute atomic E-state index is 13.6. The summed E-state index contributed by atoms with van der Waals surface area (Å²) in [4.78, 5) is 45.2. The van der Waals surface area contributed by atoms with E-state index in [1.54, 1.807) is 6.07 Å². The number of carbonyl (C=O) groups is 3. The van der Waals surface area contributed by atoms with E-state index in [4.69, 9.17) is 4.42 Å². The molecule has 0 radical (unpaired) electrons. The second-order valence-electron chi connectivity index (χ2n) is 12.4. The first-order valence-electron chi connectivity index (χ1n) is 16.0. The van der Waals surface area contributed by atoms with Gasteiger partial charge in [0.05, 0.1) is 17.3 Å². The van der Waals surface area contributed by atoms with E-state index in [-0.39, 0.29) is 29.5 Å². The van der Waals surface area contributed by atoms with E-state index in [0.29, 0.717) is 30.0 Å². The summed E-state index contributed by atoms with van der Waals surface area (Å²) >= 11 is 0. The normalized spacial score (nSPS) is 18.1. The predicted molar refractivity (Wildman–Crippen MR) is 170 cm³/mol. The van der Waals surface area contributed by atoms with Crippen molar-refractivity contribution in [1.82, 2.24) is 10.3 Å². The molecule has 2 aliphatic rings. The number of carboxylic acids is 1. The molecule has 0 bridgehead atoms. The fraction of sp³-hybridized carbons (Fsp3) is 0.486. The molecule has 5 rings (SSSR count). The highest BCUT2D eigenvalue weighted by Gasteiger charge is 2.31. The number of nitrogens with one attached hydrogen (secondary N) is 2. The van der Waals surface area contributed by atoms with Gasteiger partial charge in [-0.3, -0.25) is 14.4 Å². The minimum absolute atomic E-state index is 0.205. The number of hydrogen-bond donors (Lipinski definition) is 3. The van der Waals surface area contributed by atoms with Crippen LogP contribution in [0.3, 0.4) is 0 Å². The highest BCUT2D eigenvalue weighted by atomic mass is 16.4. The van der Waals surface area contributed by atoms with Gasteiger partial charge in [0.2, 0.25) is 0 Å². The number of hydrogen-bond acceptors (Lipinski definition) is 6. The van der Waals surface area contributed by atoms with Crippen LogP contribution in [0.5, 0.6) is 0 Å². The Balaban J connectivity index is 1.40. The van der Waals surface area contributed by atoms with Gasteiger partial charge in [0, 0.05) is 30.6 Å². The topological polar surface area (TPSA) is 125 Å². The summed E-state index contributed by atoms with van der Waals surface area (Å²) in [5.74, 6) is -1.03. The van der Waals surface area contributed by atoms with Crippen molar-refractivity contribution in [3.63, 3.8) is 0 Å². The molecule has 9 nitrogen and oxygen atoms in total. The fourth-order valence-corrected chi connectivity index (χ4v) is 6.18. The Morgan fingerprint density at radius 1 is 1.02 bits per heavy atom. The number of anilines is 2. The van der Waals surface area contributed by atoms with Crippen LogP contribution in [0, 0.1) is 19.8 Å². The molecule has 2 aromatic carbocycles. The molecule has 0 spiro atoms. The van der Waals surface area contributed by atoms with Crippen LogP contribution in [0.1, 0.15) is 108 Å². The Morgan fingerprint density at radius 3 is 2.55 bits per heavy atom. The zero-order valence-electron chi connectivity index (χ0n) is 26.0. The Hall–Kier alpha value is -4.14. The van der Waals surface area contributed by atoms with Gasteiger partial charge >= 0.3 is 5.97 Å². The van der Waals surface area contributed by atoms with Crippen molar-refractivity contribution in [3.8, 4) is 0 Å². The van der Waals surface area contributed by atoms with Crippen LogP contribution in [0.15, 0.2) is 47.1 Å². The maximum atomic E-state index is 13.6. The molecule has 0 saturated heterocycles. The van der Waals surface area contributed by atoms with E-state index < -0.39 is 11.9 Å². The number of carbonyl (C=O) groups excluding carboxylic acids is 2. The van der Waals surface area contributed by atoms with E-state index >= 15 is 0 Å². The lowest BCUT2D eigenvalue weighted by atomic mass is 9.85. The second-order valence-corrected chi connectivity index (χ2v) is 12.4. The lowest BCUT2D eigenvalue weighted by Crippen LogP contribution is -2.40. The third-order valence-electron chi connectivity index (χ3n) is 8.84. The van der Waals surface area contributed by atoms with Crippen molar-refractivity contribution in [2.75, 3.05) is 23.3 Å². The summed E-state index contributed by atoms with van der Waals surface area (Å²) in [7, 11) is 0. The third kappa shape index (κ3) is 7.68. The average Bonchev–Trinajstić information content (AvgIpc) is 3.74. The number of carboxylic acid groups (broad SMARTS) is 1. The zero-order chi connectivity index (χ0) is 31.2.